The fraction of sp³-hybridized carbons (Fsp3) is 0.250. The highest BCUT2D eigenvalue weighted by Gasteiger charge is 2.20. The van der Waals surface area contributed by atoms with Gasteiger partial charge in [0.05, 0.1) is 24.8 Å². The van der Waals surface area contributed by atoms with Gasteiger partial charge in [-0.05, 0) is 17.7 Å². The molecule has 0 saturated carbocycles. The number of fused-ring (bicyclic) bond motifs is 1. The van der Waals surface area contributed by atoms with Gasteiger partial charge in [0.25, 0.3) is 5.91 Å². The van der Waals surface area contributed by atoms with Crippen LogP contribution >= 0.6 is 0 Å². The Morgan fingerprint density at radius 3 is 2.80 bits per heavy atom. The van der Waals surface area contributed by atoms with Gasteiger partial charge in [-0.2, -0.15) is 0 Å². The van der Waals surface area contributed by atoms with Gasteiger partial charge in [-0.3, -0.25) is 19.7 Å². The van der Waals surface area contributed by atoms with Crippen molar-refractivity contribution in [1.29, 1.82) is 0 Å². The number of pyridine rings is 1. The molecule has 3 aromatic rings. The van der Waals surface area contributed by atoms with Crippen LogP contribution in [0.15, 0.2) is 36.7 Å². The molecule has 4 rings (SSSR count). The van der Waals surface area contributed by atoms with Crippen LogP contribution in [0.5, 0.6) is 0 Å². The molecule has 1 aromatic carbocycles. The lowest BCUT2D eigenvalue weighted by atomic mass is 10.1. The zero-order valence-electron chi connectivity index (χ0n) is 15.9. The average molecular weight is 415 g/mol. The summed E-state index contributed by atoms with van der Waals surface area (Å²) in [5.74, 6) is -2.13. The maximum Gasteiger partial charge on any atom is 0.293 e. The number of hydrogen-bond donors (Lipinski definition) is 3. The van der Waals surface area contributed by atoms with Crippen LogP contribution in [0, 0.1) is 11.6 Å². The molecule has 1 fully saturated rings. The molecule has 0 spiro atoms. The van der Waals surface area contributed by atoms with E-state index in [1.54, 1.807) is 10.0 Å². The summed E-state index contributed by atoms with van der Waals surface area (Å²) in [6, 6.07) is 4.94. The maximum absolute atomic E-state index is 14.2. The summed E-state index contributed by atoms with van der Waals surface area (Å²) in [5, 5.41) is 12.4. The summed E-state index contributed by atoms with van der Waals surface area (Å²) in [6.07, 6.45) is 3.27. The molecule has 156 valence electrons. The van der Waals surface area contributed by atoms with Crippen molar-refractivity contribution in [3.63, 3.8) is 0 Å². The Balaban J connectivity index is 1.74. The number of carbonyl (C=O) groups excluding carboxylic acids is 2. The van der Waals surface area contributed by atoms with Gasteiger partial charge in [-0.25, -0.2) is 19.2 Å². The largest absolute Gasteiger partial charge is 0.354 e. The van der Waals surface area contributed by atoms with Crippen molar-refractivity contribution >= 4 is 22.7 Å². The fourth-order valence-corrected chi connectivity index (χ4v) is 3.60. The van der Waals surface area contributed by atoms with E-state index in [4.69, 9.17) is 5.21 Å². The number of amides is 2. The van der Waals surface area contributed by atoms with E-state index in [2.05, 4.69) is 10.3 Å². The second-order valence-electron chi connectivity index (χ2n) is 7.11. The predicted molar refractivity (Wildman–Crippen MR) is 103 cm³/mol. The van der Waals surface area contributed by atoms with Crippen LogP contribution in [-0.4, -0.2) is 51.1 Å². The Morgan fingerprint density at radius 2 is 2.07 bits per heavy atom. The maximum atomic E-state index is 14.2. The molecule has 8 nitrogen and oxygen atoms in total. The quantitative estimate of drug-likeness (QED) is 0.432. The van der Waals surface area contributed by atoms with Gasteiger partial charge in [-0.15, -0.1) is 0 Å². The van der Waals surface area contributed by atoms with Crippen molar-refractivity contribution in [3.8, 4) is 0 Å². The second-order valence-corrected chi connectivity index (χ2v) is 7.11. The lowest BCUT2D eigenvalue weighted by Gasteiger charge is -2.26. The lowest BCUT2D eigenvalue weighted by Crippen LogP contribution is -2.47. The lowest BCUT2D eigenvalue weighted by molar-refractivity contribution is -0.124. The van der Waals surface area contributed by atoms with Gasteiger partial charge >= 0.3 is 0 Å². The van der Waals surface area contributed by atoms with E-state index in [1.807, 2.05) is 11.1 Å². The van der Waals surface area contributed by atoms with E-state index in [1.165, 1.54) is 24.4 Å². The molecule has 3 N–H and O–H groups in total. The molecule has 0 unspecified atom stereocenters. The number of hydrogen-bond acceptors (Lipinski definition) is 5. The first-order chi connectivity index (χ1) is 14.4. The first-order valence-electron chi connectivity index (χ1n) is 9.30. The Hall–Kier alpha value is -3.37. The van der Waals surface area contributed by atoms with Crippen LogP contribution in [0.25, 0.3) is 10.9 Å². The number of rotatable bonds is 5. The van der Waals surface area contributed by atoms with E-state index in [0.29, 0.717) is 36.1 Å². The smallest absolute Gasteiger partial charge is 0.293 e. The zero-order valence-corrected chi connectivity index (χ0v) is 15.9. The summed E-state index contributed by atoms with van der Waals surface area (Å²) < 4.78 is 29.2. The summed E-state index contributed by atoms with van der Waals surface area (Å²) in [6.45, 7) is 2.02. The van der Waals surface area contributed by atoms with Gasteiger partial charge in [0.2, 0.25) is 5.91 Å². The number of carbonyl (C=O) groups is 2. The molecule has 1 saturated heterocycles. The highest BCUT2D eigenvalue weighted by Crippen LogP contribution is 2.25. The molecule has 2 amide bonds. The van der Waals surface area contributed by atoms with Crippen LogP contribution in [-0.2, 0) is 17.9 Å². The van der Waals surface area contributed by atoms with E-state index >= 15 is 0 Å². The molecular formula is C20H19F2N5O3. The number of benzene rings is 1. The summed E-state index contributed by atoms with van der Waals surface area (Å²) >= 11 is 0. The first-order valence-corrected chi connectivity index (χ1v) is 9.30. The number of hydroxylamine groups is 1. The predicted octanol–water partition coefficient (Wildman–Crippen LogP) is 1.41. The van der Waals surface area contributed by atoms with E-state index < -0.39 is 17.5 Å². The third kappa shape index (κ3) is 4.00. The second kappa shape index (κ2) is 8.17. The Kier molecular flexibility index (Phi) is 5.42. The van der Waals surface area contributed by atoms with Gasteiger partial charge in [0, 0.05) is 42.8 Å². The zero-order chi connectivity index (χ0) is 21.3. The van der Waals surface area contributed by atoms with Crippen molar-refractivity contribution in [2.24, 2.45) is 0 Å². The van der Waals surface area contributed by atoms with Crippen molar-refractivity contribution < 1.29 is 23.6 Å². The van der Waals surface area contributed by atoms with E-state index in [0.717, 1.165) is 11.6 Å². The standard InChI is InChI=1S/C20H19F2N5O3/c21-14-2-1-12(16(22)5-14)9-27-10-13(8-26-4-3-23-19(28)11-26)15-6-17(20(29)25-30)24-7-18(15)27/h1-2,5-7,10,30H,3-4,8-9,11H2,(H,23,28)(H,25,29). The molecule has 3 heterocycles. The van der Waals surface area contributed by atoms with Crippen LogP contribution in [0.4, 0.5) is 8.78 Å². The van der Waals surface area contributed by atoms with Crippen LogP contribution < -0.4 is 10.8 Å². The van der Waals surface area contributed by atoms with Crippen molar-refractivity contribution in [1.82, 2.24) is 25.2 Å². The SMILES string of the molecule is O=C1CN(Cc2cn(Cc3ccc(F)cc3F)c3cnc(C(=O)NO)cc23)CCN1. The third-order valence-electron chi connectivity index (χ3n) is 5.05. The monoisotopic (exact) mass is 415 g/mol. The topological polar surface area (TPSA) is 99.5 Å². The Bertz CT molecular complexity index is 1130. The first kappa shape index (κ1) is 19.9. The molecular weight excluding hydrogens is 396 g/mol. The number of halogens is 2. The Labute approximate surface area is 170 Å². The number of nitrogens with zero attached hydrogens (tertiary/aromatic N) is 3. The van der Waals surface area contributed by atoms with Gasteiger partial charge < -0.3 is 9.88 Å². The van der Waals surface area contributed by atoms with Crippen molar-refractivity contribution in [3.05, 3.63) is 65.1 Å². The van der Waals surface area contributed by atoms with Gasteiger partial charge in [0.15, 0.2) is 0 Å². The highest BCUT2D eigenvalue weighted by molar-refractivity contribution is 5.96. The van der Waals surface area contributed by atoms with E-state index in [-0.39, 0.29) is 24.7 Å². The molecule has 1 aliphatic heterocycles. The summed E-state index contributed by atoms with van der Waals surface area (Å²) in [7, 11) is 0. The van der Waals surface area contributed by atoms with Crippen LogP contribution in [0.2, 0.25) is 0 Å². The molecule has 0 bridgehead atoms. The van der Waals surface area contributed by atoms with Crippen LogP contribution in [0.1, 0.15) is 21.6 Å². The molecule has 0 atom stereocenters. The third-order valence-corrected chi connectivity index (χ3v) is 5.05. The van der Waals surface area contributed by atoms with Crippen molar-refractivity contribution in [2.45, 2.75) is 13.1 Å². The molecule has 0 aliphatic carbocycles. The molecule has 1 aliphatic rings. The number of nitrogens with one attached hydrogen (secondary N) is 2. The van der Waals surface area contributed by atoms with Gasteiger partial charge in [0.1, 0.15) is 17.3 Å². The molecule has 10 heteroatoms. The summed E-state index contributed by atoms with van der Waals surface area (Å²) in [5.41, 5.74) is 3.34. The minimum Gasteiger partial charge on any atom is -0.354 e. The number of aromatic nitrogens is 2. The molecule has 2 aromatic heterocycles. The van der Waals surface area contributed by atoms with Crippen LogP contribution in [0.3, 0.4) is 0 Å². The van der Waals surface area contributed by atoms with Crippen molar-refractivity contribution in [2.75, 3.05) is 19.6 Å². The summed E-state index contributed by atoms with van der Waals surface area (Å²) in [4.78, 5) is 29.5. The normalized spacial score (nSPS) is 14.7. The average Bonchev–Trinajstić information content (AvgIpc) is 3.06. The minimum absolute atomic E-state index is 0.0216. The Morgan fingerprint density at radius 1 is 1.23 bits per heavy atom. The minimum atomic E-state index is -0.752. The molecule has 30 heavy (non-hydrogen) atoms. The fourth-order valence-electron chi connectivity index (χ4n) is 3.60. The van der Waals surface area contributed by atoms with E-state index in [9.17, 15) is 18.4 Å². The number of piperazine rings is 1. The highest BCUT2D eigenvalue weighted by atomic mass is 19.1. The van der Waals surface area contributed by atoms with Gasteiger partial charge in [-0.1, -0.05) is 6.07 Å². The molecule has 0 radical (unpaired) electrons.